The van der Waals surface area contributed by atoms with E-state index in [0.29, 0.717) is 29.1 Å². The second-order valence-electron chi connectivity index (χ2n) is 11.2. The molecule has 4 aliphatic rings. The van der Waals surface area contributed by atoms with E-state index >= 15 is 0 Å². The highest BCUT2D eigenvalue weighted by Crippen LogP contribution is 2.68. The number of fused-ring (bicyclic) bond motifs is 5. The van der Waals surface area contributed by atoms with Crippen LogP contribution in [0.4, 0.5) is 0 Å². The predicted octanol–water partition coefficient (Wildman–Crippen LogP) is 5.95. The van der Waals surface area contributed by atoms with Crippen molar-refractivity contribution >= 4 is 10.1 Å². The fourth-order valence-electron chi connectivity index (χ4n) is 8.81. The number of hydrogen-bond donors (Lipinski definition) is 1. The van der Waals surface area contributed by atoms with Crippen molar-refractivity contribution in [1.82, 2.24) is 0 Å². The standard InChI is InChI=1S/C23H40O3S/c1-16(12-15-27(24,25)26)19-9-10-20-18-8-7-17-6-4-5-13-22(17,2)21(18)11-14-23(19,20)3/h16-21H,4-15H2,1-3H3,(H,24,25,26)/t16-,17+,18+,19-,20+,21+,22+,23-/m1/s1. The molecule has 0 radical (unpaired) electrons. The first kappa shape index (κ1) is 20.2. The Hall–Kier alpha value is -0.0900. The number of hydrogen-bond acceptors (Lipinski definition) is 2. The molecule has 0 aromatic carbocycles. The van der Waals surface area contributed by atoms with E-state index in [1.807, 2.05) is 0 Å². The Kier molecular flexibility index (Phi) is 5.24. The highest BCUT2D eigenvalue weighted by molar-refractivity contribution is 7.85. The van der Waals surface area contributed by atoms with Crippen LogP contribution < -0.4 is 0 Å². The molecule has 0 heterocycles. The van der Waals surface area contributed by atoms with Gasteiger partial charge in [-0.25, -0.2) is 0 Å². The number of rotatable bonds is 4. The molecular weight excluding hydrogens is 356 g/mol. The summed E-state index contributed by atoms with van der Waals surface area (Å²) in [5.74, 6) is 4.60. The Balaban J connectivity index is 1.51. The first-order valence-electron chi connectivity index (χ1n) is 11.6. The normalized spacial score (nSPS) is 48.4. The van der Waals surface area contributed by atoms with E-state index in [-0.39, 0.29) is 5.75 Å². The van der Waals surface area contributed by atoms with Crippen molar-refractivity contribution in [2.45, 2.75) is 91.4 Å². The lowest BCUT2D eigenvalue weighted by Crippen LogP contribution is -2.53. The molecule has 1 N–H and O–H groups in total. The average Bonchev–Trinajstić information content (AvgIpc) is 2.96. The largest absolute Gasteiger partial charge is 0.286 e. The maximum absolute atomic E-state index is 11.2. The van der Waals surface area contributed by atoms with Crippen LogP contribution >= 0.6 is 0 Å². The first-order chi connectivity index (χ1) is 12.7. The first-order valence-corrected chi connectivity index (χ1v) is 13.2. The van der Waals surface area contributed by atoms with Crippen LogP contribution in [0, 0.1) is 46.3 Å². The summed E-state index contributed by atoms with van der Waals surface area (Å²) in [7, 11) is -3.84. The maximum Gasteiger partial charge on any atom is 0.264 e. The van der Waals surface area contributed by atoms with E-state index in [9.17, 15) is 13.0 Å². The summed E-state index contributed by atoms with van der Waals surface area (Å²) in [4.78, 5) is 0. The molecule has 4 fully saturated rings. The third-order valence-corrected chi connectivity index (χ3v) is 10.9. The zero-order chi connectivity index (χ0) is 19.4. The fourth-order valence-corrected chi connectivity index (χ4v) is 9.48. The van der Waals surface area contributed by atoms with Crippen molar-refractivity contribution in [2.75, 3.05) is 5.75 Å². The summed E-state index contributed by atoms with van der Waals surface area (Å²) in [6, 6.07) is 0. The van der Waals surface area contributed by atoms with Gasteiger partial charge in [0.25, 0.3) is 10.1 Å². The van der Waals surface area contributed by atoms with Gasteiger partial charge in [0.15, 0.2) is 0 Å². The smallest absolute Gasteiger partial charge is 0.264 e. The van der Waals surface area contributed by atoms with E-state index in [1.54, 1.807) is 0 Å². The third kappa shape index (κ3) is 3.41. The van der Waals surface area contributed by atoms with E-state index in [2.05, 4.69) is 20.8 Å². The van der Waals surface area contributed by atoms with Gasteiger partial charge in [-0.3, -0.25) is 4.55 Å². The Labute approximate surface area is 166 Å². The van der Waals surface area contributed by atoms with Crippen LogP contribution in [-0.2, 0) is 10.1 Å². The van der Waals surface area contributed by atoms with Gasteiger partial charge in [-0.2, -0.15) is 8.42 Å². The Morgan fingerprint density at radius 3 is 2.41 bits per heavy atom. The summed E-state index contributed by atoms with van der Waals surface area (Å²) in [6.45, 7) is 7.40. The molecule has 0 unspecified atom stereocenters. The van der Waals surface area contributed by atoms with Crippen molar-refractivity contribution in [3.8, 4) is 0 Å². The molecule has 4 aliphatic carbocycles. The second-order valence-corrected chi connectivity index (χ2v) is 12.8. The molecule has 4 saturated carbocycles. The Bertz CT molecular complexity index is 659. The summed E-state index contributed by atoms with van der Waals surface area (Å²) in [5.41, 5.74) is 0.981. The molecule has 27 heavy (non-hydrogen) atoms. The lowest BCUT2D eigenvalue weighted by Gasteiger charge is -2.61. The molecule has 4 heteroatoms. The van der Waals surface area contributed by atoms with Gasteiger partial charge in [0.05, 0.1) is 5.75 Å². The monoisotopic (exact) mass is 396 g/mol. The summed E-state index contributed by atoms with van der Waals surface area (Å²) in [5, 5.41) is 0. The zero-order valence-corrected chi connectivity index (χ0v) is 18.4. The van der Waals surface area contributed by atoms with Crippen LogP contribution in [0.15, 0.2) is 0 Å². The molecule has 4 rings (SSSR count). The summed E-state index contributed by atoms with van der Waals surface area (Å²) >= 11 is 0. The quantitative estimate of drug-likeness (QED) is 0.597. The Morgan fingerprint density at radius 2 is 1.67 bits per heavy atom. The molecule has 0 aliphatic heterocycles. The average molecular weight is 397 g/mol. The molecule has 0 aromatic rings. The minimum atomic E-state index is -3.84. The van der Waals surface area contributed by atoms with Gasteiger partial charge in [0, 0.05) is 0 Å². The fraction of sp³-hybridized carbons (Fsp3) is 1.00. The Morgan fingerprint density at radius 1 is 0.926 bits per heavy atom. The minimum Gasteiger partial charge on any atom is -0.286 e. The van der Waals surface area contributed by atoms with Crippen LogP contribution in [0.3, 0.4) is 0 Å². The van der Waals surface area contributed by atoms with Gasteiger partial charge in [-0.05, 0) is 104 Å². The van der Waals surface area contributed by atoms with Crippen molar-refractivity contribution in [1.29, 1.82) is 0 Å². The molecule has 0 aromatic heterocycles. The van der Waals surface area contributed by atoms with Crippen LogP contribution in [-0.4, -0.2) is 18.7 Å². The van der Waals surface area contributed by atoms with Crippen molar-refractivity contribution in [3.63, 3.8) is 0 Å². The molecule has 0 bridgehead atoms. The maximum atomic E-state index is 11.2. The van der Waals surface area contributed by atoms with E-state index in [4.69, 9.17) is 0 Å². The van der Waals surface area contributed by atoms with E-state index in [1.165, 1.54) is 64.2 Å². The van der Waals surface area contributed by atoms with Gasteiger partial charge < -0.3 is 0 Å². The summed E-state index contributed by atoms with van der Waals surface area (Å²) in [6.07, 6.45) is 14.7. The summed E-state index contributed by atoms with van der Waals surface area (Å²) < 4.78 is 31.6. The molecule has 8 atom stereocenters. The van der Waals surface area contributed by atoms with E-state index in [0.717, 1.165) is 23.7 Å². The zero-order valence-electron chi connectivity index (χ0n) is 17.6. The van der Waals surface area contributed by atoms with Crippen molar-refractivity contribution < 1.29 is 13.0 Å². The molecule has 156 valence electrons. The molecule has 0 spiro atoms. The van der Waals surface area contributed by atoms with Gasteiger partial charge in [0.1, 0.15) is 0 Å². The molecule has 0 amide bonds. The van der Waals surface area contributed by atoms with Crippen LogP contribution in [0.25, 0.3) is 0 Å². The molecular formula is C23H40O3S. The van der Waals surface area contributed by atoms with Crippen LogP contribution in [0.5, 0.6) is 0 Å². The van der Waals surface area contributed by atoms with Crippen molar-refractivity contribution in [2.24, 2.45) is 46.3 Å². The van der Waals surface area contributed by atoms with Crippen molar-refractivity contribution in [3.05, 3.63) is 0 Å². The minimum absolute atomic E-state index is 0.0722. The van der Waals surface area contributed by atoms with Gasteiger partial charge in [-0.15, -0.1) is 0 Å². The highest BCUT2D eigenvalue weighted by atomic mass is 32.2. The van der Waals surface area contributed by atoms with Crippen LogP contribution in [0.1, 0.15) is 91.4 Å². The molecule has 0 saturated heterocycles. The topological polar surface area (TPSA) is 54.4 Å². The third-order valence-electron chi connectivity index (χ3n) is 10.2. The highest BCUT2D eigenvalue weighted by Gasteiger charge is 2.60. The lowest BCUT2D eigenvalue weighted by atomic mass is 9.44. The van der Waals surface area contributed by atoms with Gasteiger partial charge >= 0.3 is 0 Å². The second kappa shape index (κ2) is 7.00. The SMILES string of the molecule is C[C@H](CCS(=O)(=O)O)[C@H]1CC[C@H]2[C@@H]3CC[C@@H]4CCCC[C@]4(C)[C@H]3CC[C@]12C. The molecule has 3 nitrogen and oxygen atoms in total. The lowest BCUT2D eigenvalue weighted by molar-refractivity contribution is -0.114. The van der Waals surface area contributed by atoms with Gasteiger partial charge in [-0.1, -0.05) is 33.6 Å². The van der Waals surface area contributed by atoms with Crippen LogP contribution in [0.2, 0.25) is 0 Å². The van der Waals surface area contributed by atoms with E-state index < -0.39 is 10.1 Å². The predicted molar refractivity (Wildman–Crippen MR) is 110 cm³/mol. The van der Waals surface area contributed by atoms with Gasteiger partial charge in [0.2, 0.25) is 0 Å².